The van der Waals surface area contributed by atoms with E-state index in [0.29, 0.717) is 28.8 Å². The van der Waals surface area contributed by atoms with Gasteiger partial charge in [-0.2, -0.15) is 0 Å². The maximum atomic E-state index is 6.00. The fourth-order valence-electron chi connectivity index (χ4n) is 1.48. The molecule has 0 atom stereocenters. The highest BCUT2D eigenvalue weighted by Crippen LogP contribution is 2.30. The summed E-state index contributed by atoms with van der Waals surface area (Å²) >= 11 is 6.00. The lowest BCUT2D eigenvalue weighted by Gasteiger charge is -2.11. The van der Waals surface area contributed by atoms with Gasteiger partial charge in [0.05, 0.1) is 12.1 Å². The van der Waals surface area contributed by atoms with Gasteiger partial charge in [0.2, 0.25) is 0 Å². The Morgan fingerprint density at radius 2 is 2.11 bits per heavy atom. The van der Waals surface area contributed by atoms with Gasteiger partial charge in [-0.05, 0) is 18.2 Å². The Balaban J connectivity index is 2.13. The van der Waals surface area contributed by atoms with E-state index in [1.54, 1.807) is 37.7 Å². The van der Waals surface area contributed by atoms with Gasteiger partial charge in [-0.25, -0.2) is 0 Å². The van der Waals surface area contributed by atoms with Crippen LogP contribution >= 0.6 is 11.6 Å². The van der Waals surface area contributed by atoms with Gasteiger partial charge in [-0.1, -0.05) is 11.6 Å². The zero-order valence-corrected chi connectivity index (χ0v) is 10.6. The van der Waals surface area contributed by atoms with Crippen molar-refractivity contribution in [3.8, 4) is 11.5 Å². The van der Waals surface area contributed by atoms with Crippen LogP contribution in [0.25, 0.3) is 0 Å². The largest absolute Gasteiger partial charge is 0.493 e. The first-order valence-electron chi connectivity index (χ1n) is 5.35. The molecule has 5 heteroatoms. The summed E-state index contributed by atoms with van der Waals surface area (Å²) in [7, 11) is 1.57. The zero-order chi connectivity index (χ0) is 13.0. The molecule has 0 aliphatic carbocycles. The van der Waals surface area contributed by atoms with Gasteiger partial charge in [0.1, 0.15) is 6.61 Å². The van der Waals surface area contributed by atoms with Gasteiger partial charge in [-0.3, -0.25) is 4.98 Å². The Labute approximate surface area is 110 Å². The van der Waals surface area contributed by atoms with Crippen molar-refractivity contribution in [2.24, 2.45) is 0 Å². The normalized spacial score (nSPS) is 10.1. The minimum Gasteiger partial charge on any atom is -0.493 e. The minimum absolute atomic E-state index is 0.349. The molecule has 18 heavy (non-hydrogen) atoms. The molecule has 0 spiro atoms. The first-order valence-corrected chi connectivity index (χ1v) is 5.73. The summed E-state index contributed by atoms with van der Waals surface area (Å²) in [4.78, 5) is 3.92. The summed E-state index contributed by atoms with van der Waals surface area (Å²) in [5.74, 6) is 1.22. The summed E-state index contributed by atoms with van der Waals surface area (Å²) in [6.07, 6.45) is 3.26. The lowest BCUT2D eigenvalue weighted by molar-refractivity contribution is 0.284. The second-order valence-electron chi connectivity index (χ2n) is 3.67. The number of nitrogen functional groups attached to an aromatic ring is 1. The molecule has 1 aromatic carbocycles. The van der Waals surface area contributed by atoms with Crippen molar-refractivity contribution in [1.29, 1.82) is 0 Å². The van der Waals surface area contributed by atoms with E-state index in [2.05, 4.69) is 4.98 Å². The zero-order valence-electron chi connectivity index (χ0n) is 9.89. The van der Waals surface area contributed by atoms with Crippen molar-refractivity contribution < 1.29 is 9.47 Å². The Bertz CT molecular complexity index is 546. The SMILES string of the molecule is COc1cc(N)ccc1OCc1ccncc1Cl. The summed E-state index contributed by atoms with van der Waals surface area (Å²) in [6, 6.07) is 7.05. The van der Waals surface area contributed by atoms with Crippen LogP contribution in [0, 0.1) is 0 Å². The maximum Gasteiger partial charge on any atom is 0.162 e. The van der Waals surface area contributed by atoms with Gasteiger partial charge in [-0.15, -0.1) is 0 Å². The van der Waals surface area contributed by atoms with Crippen LogP contribution < -0.4 is 15.2 Å². The monoisotopic (exact) mass is 264 g/mol. The number of nitrogens with two attached hydrogens (primary N) is 1. The third-order valence-electron chi connectivity index (χ3n) is 2.43. The molecule has 2 aromatic rings. The molecule has 0 unspecified atom stereocenters. The molecule has 0 bridgehead atoms. The summed E-state index contributed by atoms with van der Waals surface area (Å²) in [5.41, 5.74) is 7.16. The molecule has 4 nitrogen and oxygen atoms in total. The second-order valence-corrected chi connectivity index (χ2v) is 4.07. The maximum absolute atomic E-state index is 6.00. The van der Waals surface area contributed by atoms with Gasteiger partial charge < -0.3 is 15.2 Å². The van der Waals surface area contributed by atoms with Crippen LogP contribution in [0.3, 0.4) is 0 Å². The van der Waals surface area contributed by atoms with Crippen molar-refractivity contribution in [3.63, 3.8) is 0 Å². The summed E-state index contributed by atoms with van der Waals surface area (Å²) in [6.45, 7) is 0.349. The second kappa shape index (κ2) is 5.60. The Kier molecular flexibility index (Phi) is 3.89. The Hall–Kier alpha value is -1.94. The molecule has 0 amide bonds. The van der Waals surface area contributed by atoms with Crippen molar-refractivity contribution in [2.75, 3.05) is 12.8 Å². The summed E-state index contributed by atoms with van der Waals surface area (Å²) < 4.78 is 10.9. The van der Waals surface area contributed by atoms with E-state index in [0.717, 1.165) is 5.56 Å². The van der Waals surface area contributed by atoms with Crippen molar-refractivity contribution in [1.82, 2.24) is 4.98 Å². The topological polar surface area (TPSA) is 57.4 Å². The smallest absolute Gasteiger partial charge is 0.162 e. The molecule has 0 radical (unpaired) electrons. The van der Waals surface area contributed by atoms with E-state index in [4.69, 9.17) is 26.8 Å². The van der Waals surface area contributed by atoms with Gasteiger partial charge in [0.25, 0.3) is 0 Å². The average Bonchev–Trinajstić information content (AvgIpc) is 2.39. The number of hydrogen-bond acceptors (Lipinski definition) is 4. The lowest BCUT2D eigenvalue weighted by Crippen LogP contribution is -1.99. The van der Waals surface area contributed by atoms with Crippen LogP contribution in [-0.4, -0.2) is 12.1 Å². The third kappa shape index (κ3) is 2.84. The van der Waals surface area contributed by atoms with Gasteiger partial charge >= 0.3 is 0 Å². The predicted molar refractivity (Wildman–Crippen MR) is 71.0 cm³/mol. The first kappa shape index (κ1) is 12.5. The molecular weight excluding hydrogens is 252 g/mol. The molecule has 0 saturated carbocycles. The van der Waals surface area contributed by atoms with E-state index < -0.39 is 0 Å². The summed E-state index contributed by atoms with van der Waals surface area (Å²) in [5, 5.41) is 0.576. The average molecular weight is 265 g/mol. The van der Waals surface area contributed by atoms with Crippen LogP contribution in [0.15, 0.2) is 36.7 Å². The standard InChI is InChI=1S/C13H13ClN2O2/c1-17-13-6-10(15)2-3-12(13)18-8-9-4-5-16-7-11(9)14/h2-7H,8,15H2,1H3. The van der Waals surface area contributed by atoms with Crippen molar-refractivity contribution in [2.45, 2.75) is 6.61 Å². The molecule has 1 aromatic heterocycles. The quantitative estimate of drug-likeness (QED) is 0.863. The van der Waals surface area contributed by atoms with E-state index in [9.17, 15) is 0 Å². The molecule has 0 fully saturated rings. The molecule has 1 heterocycles. The van der Waals surface area contributed by atoms with E-state index in [1.165, 1.54) is 0 Å². The predicted octanol–water partition coefficient (Wildman–Crippen LogP) is 2.90. The number of benzene rings is 1. The Morgan fingerprint density at radius 1 is 1.28 bits per heavy atom. The lowest BCUT2D eigenvalue weighted by atomic mass is 10.2. The van der Waals surface area contributed by atoms with Crippen LogP contribution in [0.1, 0.15) is 5.56 Å². The highest BCUT2D eigenvalue weighted by Gasteiger charge is 2.06. The molecule has 2 N–H and O–H groups in total. The first-order chi connectivity index (χ1) is 8.70. The highest BCUT2D eigenvalue weighted by atomic mass is 35.5. The van der Waals surface area contributed by atoms with E-state index in [-0.39, 0.29) is 0 Å². The number of nitrogens with zero attached hydrogens (tertiary/aromatic N) is 1. The Morgan fingerprint density at radius 3 is 2.83 bits per heavy atom. The number of hydrogen-bond donors (Lipinski definition) is 1. The molecule has 0 aliphatic rings. The molecule has 94 valence electrons. The van der Waals surface area contributed by atoms with Gasteiger partial charge in [0.15, 0.2) is 11.5 Å². The molecular formula is C13H13ClN2O2. The van der Waals surface area contributed by atoms with Crippen LogP contribution in [0.5, 0.6) is 11.5 Å². The fraction of sp³-hybridized carbons (Fsp3) is 0.154. The van der Waals surface area contributed by atoms with E-state index in [1.807, 2.05) is 6.07 Å². The van der Waals surface area contributed by atoms with Gasteiger partial charge in [0, 0.05) is 29.7 Å². The third-order valence-corrected chi connectivity index (χ3v) is 2.77. The van der Waals surface area contributed by atoms with Crippen molar-refractivity contribution >= 4 is 17.3 Å². The number of ether oxygens (including phenoxy) is 2. The number of methoxy groups -OCH3 is 1. The van der Waals surface area contributed by atoms with Crippen LogP contribution in [0.4, 0.5) is 5.69 Å². The number of rotatable bonds is 4. The molecule has 0 saturated heterocycles. The van der Waals surface area contributed by atoms with Crippen molar-refractivity contribution in [3.05, 3.63) is 47.2 Å². The number of anilines is 1. The van der Waals surface area contributed by atoms with E-state index >= 15 is 0 Å². The number of halogens is 1. The molecule has 0 aliphatic heterocycles. The van der Waals surface area contributed by atoms with Crippen LogP contribution in [-0.2, 0) is 6.61 Å². The highest BCUT2D eigenvalue weighted by molar-refractivity contribution is 6.31. The number of pyridine rings is 1. The van der Waals surface area contributed by atoms with Crippen LogP contribution in [0.2, 0.25) is 5.02 Å². The fourth-order valence-corrected chi connectivity index (χ4v) is 1.65. The minimum atomic E-state index is 0.349. The number of aromatic nitrogens is 1. The molecule has 2 rings (SSSR count).